The van der Waals surface area contributed by atoms with Crippen LogP contribution in [0.5, 0.6) is 0 Å². The van der Waals surface area contributed by atoms with Gasteiger partial charge < -0.3 is 0 Å². The highest BCUT2D eigenvalue weighted by molar-refractivity contribution is 9.11. The standard InChI is InChI=1S/C11H11Br2NO2/c12-8-3-4-10(13)9(7-8)11(15)14-5-1-2-6-16-14/h3-4,7H,1-2,5-6H2. The van der Waals surface area contributed by atoms with Crippen molar-refractivity contribution in [3.05, 3.63) is 32.7 Å². The van der Waals surface area contributed by atoms with Crippen molar-refractivity contribution in [2.45, 2.75) is 12.8 Å². The Balaban J connectivity index is 2.22. The third kappa shape index (κ3) is 2.64. The molecule has 0 radical (unpaired) electrons. The number of nitrogens with zero attached hydrogens (tertiary/aromatic N) is 1. The molecule has 5 heteroatoms. The third-order valence-corrected chi connectivity index (χ3v) is 3.57. The quantitative estimate of drug-likeness (QED) is 0.778. The summed E-state index contributed by atoms with van der Waals surface area (Å²) < 4.78 is 1.67. The summed E-state index contributed by atoms with van der Waals surface area (Å²) in [4.78, 5) is 17.5. The van der Waals surface area contributed by atoms with Gasteiger partial charge in [-0.25, -0.2) is 5.06 Å². The van der Waals surface area contributed by atoms with Crippen LogP contribution >= 0.6 is 31.9 Å². The predicted molar refractivity (Wildman–Crippen MR) is 68.1 cm³/mol. The van der Waals surface area contributed by atoms with E-state index in [1.54, 1.807) is 6.07 Å². The first-order valence-corrected chi connectivity index (χ1v) is 6.67. The Morgan fingerprint density at radius 1 is 1.31 bits per heavy atom. The molecular weight excluding hydrogens is 338 g/mol. The Morgan fingerprint density at radius 2 is 2.12 bits per heavy atom. The van der Waals surface area contributed by atoms with Crippen molar-refractivity contribution in [3.63, 3.8) is 0 Å². The van der Waals surface area contributed by atoms with Crippen LogP contribution in [0.4, 0.5) is 0 Å². The van der Waals surface area contributed by atoms with E-state index in [-0.39, 0.29) is 5.91 Å². The van der Waals surface area contributed by atoms with Crippen LogP contribution in [0, 0.1) is 0 Å². The van der Waals surface area contributed by atoms with E-state index in [9.17, 15) is 4.79 Å². The van der Waals surface area contributed by atoms with Gasteiger partial charge >= 0.3 is 0 Å². The minimum atomic E-state index is -0.0899. The zero-order chi connectivity index (χ0) is 11.5. The summed E-state index contributed by atoms with van der Waals surface area (Å²) in [6.07, 6.45) is 2.01. The molecule has 0 aromatic heterocycles. The SMILES string of the molecule is O=C(c1cc(Br)ccc1Br)N1CCCCO1. The number of hydroxylamine groups is 2. The van der Waals surface area contributed by atoms with Gasteiger partial charge in [-0.1, -0.05) is 15.9 Å². The fourth-order valence-corrected chi connectivity index (χ4v) is 2.33. The smallest absolute Gasteiger partial charge is 0.271 e. The minimum Gasteiger partial charge on any atom is -0.271 e. The van der Waals surface area contributed by atoms with Crippen molar-refractivity contribution in [2.75, 3.05) is 13.2 Å². The molecule has 1 fully saturated rings. The van der Waals surface area contributed by atoms with Crippen LogP contribution in [-0.2, 0) is 4.84 Å². The maximum Gasteiger partial charge on any atom is 0.278 e. The Labute approximate surface area is 111 Å². The van der Waals surface area contributed by atoms with E-state index in [2.05, 4.69) is 31.9 Å². The third-order valence-electron chi connectivity index (χ3n) is 2.39. The summed E-state index contributed by atoms with van der Waals surface area (Å²) in [5.41, 5.74) is 0.622. The number of amides is 1. The molecule has 1 saturated heterocycles. The average Bonchev–Trinajstić information content (AvgIpc) is 2.32. The number of halogens is 2. The number of hydrogen-bond donors (Lipinski definition) is 0. The van der Waals surface area contributed by atoms with E-state index >= 15 is 0 Å². The Hall–Kier alpha value is -0.390. The van der Waals surface area contributed by atoms with Gasteiger partial charge in [0, 0.05) is 15.5 Å². The fraction of sp³-hybridized carbons (Fsp3) is 0.364. The molecule has 1 aromatic rings. The molecule has 0 aliphatic carbocycles. The minimum absolute atomic E-state index is 0.0899. The van der Waals surface area contributed by atoms with Crippen LogP contribution in [-0.4, -0.2) is 24.1 Å². The van der Waals surface area contributed by atoms with E-state index < -0.39 is 0 Å². The molecule has 2 rings (SSSR count). The number of carbonyl (C=O) groups excluding carboxylic acids is 1. The maximum atomic E-state index is 12.1. The van der Waals surface area contributed by atoms with Gasteiger partial charge in [0.25, 0.3) is 5.91 Å². The highest BCUT2D eigenvalue weighted by Gasteiger charge is 2.21. The molecule has 0 unspecified atom stereocenters. The van der Waals surface area contributed by atoms with Gasteiger partial charge in [-0.2, -0.15) is 0 Å². The summed E-state index contributed by atoms with van der Waals surface area (Å²) in [5.74, 6) is -0.0899. The fourth-order valence-electron chi connectivity index (χ4n) is 1.55. The molecule has 1 aromatic carbocycles. The van der Waals surface area contributed by atoms with E-state index in [1.165, 1.54) is 5.06 Å². The van der Waals surface area contributed by atoms with Gasteiger partial charge in [0.1, 0.15) is 0 Å². The summed E-state index contributed by atoms with van der Waals surface area (Å²) >= 11 is 6.73. The van der Waals surface area contributed by atoms with Gasteiger partial charge in [-0.05, 0) is 47.0 Å². The van der Waals surface area contributed by atoms with Crippen molar-refractivity contribution in [1.82, 2.24) is 5.06 Å². The van der Waals surface area contributed by atoms with Crippen LogP contribution in [0.25, 0.3) is 0 Å². The molecule has 86 valence electrons. The number of carbonyl (C=O) groups is 1. The first kappa shape index (κ1) is 12.1. The van der Waals surface area contributed by atoms with Gasteiger partial charge in [0.2, 0.25) is 0 Å². The first-order valence-electron chi connectivity index (χ1n) is 5.08. The average molecular weight is 349 g/mol. The second-order valence-electron chi connectivity index (χ2n) is 3.57. The van der Waals surface area contributed by atoms with Crippen LogP contribution < -0.4 is 0 Å². The largest absolute Gasteiger partial charge is 0.278 e. The highest BCUT2D eigenvalue weighted by atomic mass is 79.9. The lowest BCUT2D eigenvalue weighted by Gasteiger charge is -2.26. The molecule has 3 nitrogen and oxygen atoms in total. The van der Waals surface area contributed by atoms with Crippen molar-refractivity contribution < 1.29 is 9.63 Å². The lowest BCUT2D eigenvalue weighted by atomic mass is 10.2. The van der Waals surface area contributed by atoms with Crippen LogP contribution in [0.1, 0.15) is 23.2 Å². The Kier molecular flexibility index (Phi) is 4.00. The van der Waals surface area contributed by atoms with Crippen molar-refractivity contribution in [1.29, 1.82) is 0 Å². The van der Waals surface area contributed by atoms with Crippen molar-refractivity contribution in [2.24, 2.45) is 0 Å². The zero-order valence-electron chi connectivity index (χ0n) is 8.58. The van der Waals surface area contributed by atoms with Crippen LogP contribution in [0.3, 0.4) is 0 Å². The number of rotatable bonds is 1. The molecule has 0 saturated carbocycles. The van der Waals surface area contributed by atoms with E-state index in [4.69, 9.17) is 4.84 Å². The molecule has 0 bridgehead atoms. The molecule has 1 aliphatic heterocycles. The Morgan fingerprint density at radius 3 is 2.81 bits per heavy atom. The van der Waals surface area contributed by atoms with Gasteiger partial charge in [0.15, 0.2) is 0 Å². The second-order valence-corrected chi connectivity index (χ2v) is 5.34. The van der Waals surface area contributed by atoms with Crippen molar-refractivity contribution >= 4 is 37.8 Å². The summed E-state index contributed by atoms with van der Waals surface area (Å²) in [7, 11) is 0. The second kappa shape index (κ2) is 5.29. The molecule has 16 heavy (non-hydrogen) atoms. The van der Waals surface area contributed by atoms with Gasteiger partial charge in [0.05, 0.1) is 12.2 Å². The highest BCUT2D eigenvalue weighted by Crippen LogP contribution is 2.23. The zero-order valence-corrected chi connectivity index (χ0v) is 11.8. The summed E-state index contributed by atoms with van der Waals surface area (Å²) in [5, 5.41) is 1.44. The topological polar surface area (TPSA) is 29.5 Å². The lowest BCUT2D eigenvalue weighted by molar-refractivity contribution is -0.144. The van der Waals surface area contributed by atoms with E-state index in [1.807, 2.05) is 12.1 Å². The van der Waals surface area contributed by atoms with Gasteiger partial charge in [-0.15, -0.1) is 0 Å². The predicted octanol–water partition coefficient (Wildman–Crippen LogP) is 3.38. The molecule has 0 N–H and O–H groups in total. The molecule has 1 amide bonds. The molecule has 0 spiro atoms. The Bertz CT molecular complexity index is 403. The van der Waals surface area contributed by atoms with Crippen LogP contribution in [0.15, 0.2) is 27.1 Å². The van der Waals surface area contributed by atoms with Crippen molar-refractivity contribution in [3.8, 4) is 0 Å². The molecular formula is C11H11Br2NO2. The molecule has 0 atom stereocenters. The summed E-state index contributed by atoms with van der Waals surface area (Å²) in [6, 6.07) is 5.53. The normalized spacial score (nSPS) is 16.2. The van der Waals surface area contributed by atoms with E-state index in [0.29, 0.717) is 18.7 Å². The lowest BCUT2D eigenvalue weighted by Crippen LogP contribution is -2.35. The first-order chi connectivity index (χ1) is 7.68. The monoisotopic (exact) mass is 347 g/mol. The molecule has 1 heterocycles. The van der Waals surface area contributed by atoms with Crippen LogP contribution in [0.2, 0.25) is 0 Å². The van der Waals surface area contributed by atoms with E-state index in [0.717, 1.165) is 21.8 Å². The summed E-state index contributed by atoms with van der Waals surface area (Å²) in [6.45, 7) is 1.29. The van der Waals surface area contributed by atoms with Gasteiger partial charge in [-0.3, -0.25) is 9.63 Å². The maximum absolute atomic E-state index is 12.1. The molecule has 1 aliphatic rings. The number of hydrogen-bond acceptors (Lipinski definition) is 2. The number of benzene rings is 1.